The quantitative estimate of drug-likeness (QED) is 0.303. The van der Waals surface area contributed by atoms with Gasteiger partial charge in [0.05, 0.1) is 4.08 Å². The van der Waals surface area contributed by atoms with E-state index >= 15 is 0 Å². The van der Waals surface area contributed by atoms with Crippen molar-refractivity contribution in [3.8, 4) is 0 Å². The minimum Gasteiger partial charge on any atom is -0.108 e. The minimum absolute atomic E-state index is 0.0866. The smallest absolute Gasteiger partial charge is 0.0717 e. The fourth-order valence-corrected chi connectivity index (χ4v) is 6.01. The van der Waals surface area contributed by atoms with E-state index in [-0.39, 0.29) is 4.08 Å². The maximum absolute atomic E-state index is 6.18. The highest BCUT2D eigenvalue weighted by Gasteiger charge is 2.28. The Hall–Kier alpha value is -1.06. The SMILES string of the molecule is CC(Cc1ccccc1)(Sc1cccc(Cl)c1)Sc1cccc(Cl)c1. The number of benzene rings is 3. The Balaban J connectivity index is 1.89. The van der Waals surface area contributed by atoms with Crippen LogP contribution in [0.3, 0.4) is 0 Å². The van der Waals surface area contributed by atoms with Crippen molar-refractivity contribution in [1.29, 1.82) is 0 Å². The van der Waals surface area contributed by atoms with Crippen LogP contribution in [-0.4, -0.2) is 4.08 Å². The molecule has 0 atom stereocenters. The molecule has 0 nitrogen and oxygen atoms in total. The van der Waals surface area contributed by atoms with E-state index in [1.54, 1.807) is 0 Å². The topological polar surface area (TPSA) is 0 Å². The predicted octanol–water partition coefficient (Wildman–Crippen LogP) is 7.84. The molecule has 0 fully saturated rings. The molecule has 0 aromatic heterocycles. The summed E-state index contributed by atoms with van der Waals surface area (Å²) in [5.41, 5.74) is 1.31. The monoisotopic (exact) mass is 404 g/mol. The van der Waals surface area contributed by atoms with E-state index in [1.165, 1.54) is 15.4 Å². The van der Waals surface area contributed by atoms with Crippen molar-refractivity contribution in [3.05, 3.63) is 94.5 Å². The van der Waals surface area contributed by atoms with Gasteiger partial charge >= 0.3 is 0 Å². The third-order valence-corrected chi connectivity index (χ3v) is 6.73. The number of hydrogen-bond acceptors (Lipinski definition) is 2. The molecule has 3 rings (SSSR count). The zero-order valence-electron chi connectivity index (χ0n) is 13.8. The standard InChI is InChI=1S/C21H18Cl2S2/c1-21(15-16-7-3-2-4-8-16,24-19-11-5-9-17(22)13-19)25-20-12-6-10-18(23)14-20/h2-14H,15H2,1H3. The molecule has 0 aliphatic heterocycles. The molecule has 0 heterocycles. The summed E-state index contributed by atoms with van der Waals surface area (Å²) in [7, 11) is 0. The first-order valence-electron chi connectivity index (χ1n) is 7.95. The first-order chi connectivity index (χ1) is 12.0. The lowest BCUT2D eigenvalue weighted by molar-refractivity contribution is 0.878. The molecule has 0 aliphatic carbocycles. The molecule has 0 aliphatic rings. The molecule has 0 N–H and O–H groups in total. The summed E-state index contributed by atoms with van der Waals surface area (Å²) < 4.78 is -0.0866. The molecule has 25 heavy (non-hydrogen) atoms. The molecule has 0 amide bonds. The lowest BCUT2D eigenvalue weighted by Gasteiger charge is -2.29. The van der Waals surface area contributed by atoms with Crippen molar-refractivity contribution in [1.82, 2.24) is 0 Å². The van der Waals surface area contributed by atoms with E-state index in [4.69, 9.17) is 23.2 Å². The first kappa shape index (κ1) is 18.7. The highest BCUT2D eigenvalue weighted by molar-refractivity contribution is 8.18. The molecule has 3 aromatic carbocycles. The van der Waals surface area contributed by atoms with Crippen molar-refractivity contribution < 1.29 is 0 Å². The van der Waals surface area contributed by atoms with E-state index in [2.05, 4.69) is 49.4 Å². The third kappa shape index (κ3) is 5.72. The van der Waals surface area contributed by atoms with Gasteiger partial charge in [-0.05, 0) is 55.3 Å². The van der Waals surface area contributed by atoms with Crippen LogP contribution in [0.15, 0.2) is 88.7 Å². The molecular formula is C21H18Cl2S2. The molecule has 128 valence electrons. The molecule has 0 spiro atoms. The lowest BCUT2D eigenvalue weighted by Crippen LogP contribution is -2.18. The molecule has 0 bridgehead atoms. The summed E-state index contributed by atoms with van der Waals surface area (Å²) >= 11 is 16.0. The van der Waals surface area contributed by atoms with Gasteiger partial charge in [0, 0.05) is 19.8 Å². The zero-order valence-corrected chi connectivity index (χ0v) is 16.9. The van der Waals surface area contributed by atoms with Crippen molar-refractivity contribution in [2.75, 3.05) is 0 Å². The average Bonchev–Trinajstić information content (AvgIpc) is 2.55. The fraction of sp³-hybridized carbons (Fsp3) is 0.143. The maximum atomic E-state index is 6.18. The van der Waals surface area contributed by atoms with Crippen LogP contribution < -0.4 is 0 Å². The number of rotatable bonds is 6. The zero-order chi connectivity index (χ0) is 17.7. The molecule has 4 heteroatoms. The average molecular weight is 405 g/mol. The summed E-state index contributed by atoms with van der Waals surface area (Å²) in [6, 6.07) is 26.6. The van der Waals surface area contributed by atoms with Gasteiger partial charge < -0.3 is 0 Å². The van der Waals surface area contributed by atoms with Crippen LogP contribution in [0.2, 0.25) is 10.0 Å². The Bertz CT molecular complexity index is 787. The molecule has 3 aromatic rings. The Morgan fingerprint density at radius 3 is 1.72 bits per heavy atom. The van der Waals surface area contributed by atoms with Gasteiger partial charge in [0.15, 0.2) is 0 Å². The van der Waals surface area contributed by atoms with E-state index in [1.807, 2.05) is 59.9 Å². The second-order valence-electron chi connectivity index (χ2n) is 5.92. The van der Waals surface area contributed by atoms with E-state index in [0.29, 0.717) is 0 Å². The summed E-state index contributed by atoms with van der Waals surface area (Å²) in [6.45, 7) is 2.27. The maximum Gasteiger partial charge on any atom is 0.0717 e. The van der Waals surface area contributed by atoms with Crippen LogP contribution >= 0.6 is 46.7 Å². The Kier molecular flexibility index (Phi) is 6.40. The lowest BCUT2D eigenvalue weighted by atomic mass is 10.1. The Morgan fingerprint density at radius 2 is 1.24 bits per heavy atom. The Morgan fingerprint density at radius 1 is 0.720 bits per heavy atom. The number of thioether (sulfide) groups is 2. The molecular weight excluding hydrogens is 387 g/mol. The van der Waals surface area contributed by atoms with E-state index in [9.17, 15) is 0 Å². The van der Waals surface area contributed by atoms with Gasteiger partial charge in [-0.3, -0.25) is 0 Å². The van der Waals surface area contributed by atoms with Gasteiger partial charge in [-0.25, -0.2) is 0 Å². The van der Waals surface area contributed by atoms with Crippen LogP contribution in [0, 0.1) is 0 Å². The minimum atomic E-state index is -0.0866. The van der Waals surface area contributed by atoms with Gasteiger partial charge in [0.25, 0.3) is 0 Å². The summed E-state index contributed by atoms with van der Waals surface area (Å²) in [5.74, 6) is 0. The van der Waals surface area contributed by atoms with E-state index < -0.39 is 0 Å². The fourth-order valence-electron chi connectivity index (χ4n) is 2.62. The first-order valence-corrected chi connectivity index (χ1v) is 10.3. The van der Waals surface area contributed by atoms with Crippen molar-refractivity contribution >= 4 is 46.7 Å². The molecule has 0 unspecified atom stereocenters. The van der Waals surface area contributed by atoms with Crippen molar-refractivity contribution in [2.45, 2.75) is 27.2 Å². The largest absolute Gasteiger partial charge is 0.108 e. The van der Waals surface area contributed by atoms with Crippen LogP contribution in [0.4, 0.5) is 0 Å². The van der Waals surface area contributed by atoms with Crippen LogP contribution in [0.1, 0.15) is 12.5 Å². The van der Waals surface area contributed by atoms with Crippen LogP contribution in [0.25, 0.3) is 0 Å². The summed E-state index contributed by atoms with van der Waals surface area (Å²) in [6.07, 6.45) is 0.933. The summed E-state index contributed by atoms with van der Waals surface area (Å²) in [4.78, 5) is 2.33. The second kappa shape index (κ2) is 8.55. The highest BCUT2D eigenvalue weighted by Crippen LogP contribution is 2.48. The van der Waals surface area contributed by atoms with Gasteiger partial charge in [-0.15, -0.1) is 23.5 Å². The number of hydrogen-bond donors (Lipinski definition) is 0. The second-order valence-corrected chi connectivity index (χ2v) is 10.2. The van der Waals surface area contributed by atoms with Crippen LogP contribution in [0.5, 0.6) is 0 Å². The van der Waals surface area contributed by atoms with Gasteiger partial charge in [0.1, 0.15) is 0 Å². The van der Waals surface area contributed by atoms with Crippen molar-refractivity contribution in [3.63, 3.8) is 0 Å². The Labute approximate surface area is 167 Å². The molecule has 0 saturated heterocycles. The molecule has 0 saturated carbocycles. The van der Waals surface area contributed by atoms with Gasteiger partial charge in [-0.1, -0.05) is 65.7 Å². The number of halogens is 2. The van der Waals surface area contributed by atoms with E-state index in [0.717, 1.165) is 16.5 Å². The van der Waals surface area contributed by atoms with Crippen LogP contribution in [-0.2, 0) is 6.42 Å². The van der Waals surface area contributed by atoms with Crippen molar-refractivity contribution in [2.24, 2.45) is 0 Å². The van der Waals surface area contributed by atoms with Gasteiger partial charge in [-0.2, -0.15) is 0 Å². The normalized spacial score (nSPS) is 11.5. The van der Waals surface area contributed by atoms with Gasteiger partial charge in [0.2, 0.25) is 0 Å². The summed E-state index contributed by atoms with van der Waals surface area (Å²) in [5, 5.41) is 1.53. The molecule has 0 radical (unpaired) electrons. The predicted molar refractivity (Wildman–Crippen MR) is 113 cm³/mol. The highest BCUT2D eigenvalue weighted by atomic mass is 35.5. The third-order valence-electron chi connectivity index (χ3n) is 3.63.